The normalized spacial score (nSPS) is 12.4. The van der Waals surface area contributed by atoms with Crippen molar-refractivity contribution < 1.29 is 4.92 Å². The average Bonchev–Trinajstić information content (AvgIpc) is 2.65. The van der Waals surface area contributed by atoms with Crippen LogP contribution in [-0.2, 0) is 13.5 Å². The quantitative estimate of drug-likeness (QED) is 0.567. The van der Waals surface area contributed by atoms with E-state index in [1.54, 1.807) is 7.05 Å². The molecule has 0 saturated carbocycles. The Kier molecular flexibility index (Phi) is 5.08. The monoisotopic (exact) mass is 255 g/mol. The second kappa shape index (κ2) is 6.34. The van der Waals surface area contributed by atoms with Gasteiger partial charge >= 0.3 is 5.69 Å². The van der Waals surface area contributed by atoms with Crippen LogP contribution < -0.4 is 11.1 Å². The largest absolute Gasteiger partial charge is 0.361 e. The van der Waals surface area contributed by atoms with Crippen LogP contribution in [0.4, 0.5) is 11.5 Å². The number of rotatable bonds is 7. The lowest BCUT2D eigenvalue weighted by Crippen LogP contribution is -2.29. The highest BCUT2D eigenvalue weighted by molar-refractivity contribution is 5.60. The van der Waals surface area contributed by atoms with Crippen molar-refractivity contribution in [2.75, 3.05) is 11.9 Å². The molecule has 1 aromatic rings. The molecule has 0 amide bonds. The maximum Gasteiger partial charge on any atom is 0.333 e. The van der Waals surface area contributed by atoms with Gasteiger partial charge in [-0.3, -0.25) is 10.1 Å². The fraction of sp³-hybridized carbons (Fsp3) is 0.727. The van der Waals surface area contributed by atoms with Gasteiger partial charge in [-0.15, -0.1) is 0 Å². The predicted octanol–water partition coefficient (Wildman–Crippen LogP) is 1.43. The van der Waals surface area contributed by atoms with Gasteiger partial charge in [0.05, 0.1) is 4.92 Å². The third kappa shape index (κ3) is 2.98. The number of hydrogen-bond acceptors (Lipinski definition) is 5. The first kappa shape index (κ1) is 14.4. The molecule has 7 nitrogen and oxygen atoms in total. The van der Waals surface area contributed by atoms with Crippen molar-refractivity contribution in [3.05, 3.63) is 15.8 Å². The molecule has 0 radical (unpaired) electrons. The molecule has 102 valence electrons. The fourth-order valence-corrected chi connectivity index (χ4v) is 1.95. The van der Waals surface area contributed by atoms with E-state index in [0.717, 1.165) is 12.8 Å². The van der Waals surface area contributed by atoms with Gasteiger partial charge in [-0.25, -0.2) is 4.68 Å². The van der Waals surface area contributed by atoms with Crippen LogP contribution in [0.2, 0.25) is 0 Å². The molecule has 1 heterocycles. The minimum Gasteiger partial charge on any atom is -0.361 e. The summed E-state index contributed by atoms with van der Waals surface area (Å²) in [5, 5.41) is 18.4. The molecule has 0 spiro atoms. The Bertz CT molecular complexity index is 416. The summed E-state index contributed by atoms with van der Waals surface area (Å²) < 4.78 is 1.52. The molecule has 0 aliphatic rings. The highest BCUT2D eigenvalue weighted by Gasteiger charge is 2.26. The molecule has 1 unspecified atom stereocenters. The van der Waals surface area contributed by atoms with Crippen LogP contribution in [0.5, 0.6) is 0 Å². The van der Waals surface area contributed by atoms with Gasteiger partial charge in [-0.2, -0.15) is 5.10 Å². The van der Waals surface area contributed by atoms with Crippen molar-refractivity contribution in [3.8, 4) is 0 Å². The van der Waals surface area contributed by atoms with E-state index < -0.39 is 0 Å². The zero-order valence-corrected chi connectivity index (χ0v) is 11.1. The van der Waals surface area contributed by atoms with Crippen LogP contribution >= 0.6 is 0 Å². The number of nitrogens with one attached hydrogen (secondary N) is 1. The van der Waals surface area contributed by atoms with Gasteiger partial charge in [0.2, 0.25) is 5.82 Å². The lowest BCUT2D eigenvalue weighted by molar-refractivity contribution is -0.384. The maximum atomic E-state index is 11.1. The lowest BCUT2D eigenvalue weighted by atomic mass is 10.1. The van der Waals surface area contributed by atoms with Crippen LogP contribution in [-0.4, -0.2) is 27.3 Å². The Hall–Kier alpha value is -1.63. The standard InChI is InChI=1S/C11H21N5O2/c1-4-6-8(7-12)13-11-10(16(17)18)9(5-2)14-15(11)3/h8,13H,4-7,12H2,1-3H3. The van der Waals surface area contributed by atoms with Crippen molar-refractivity contribution >= 4 is 11.5 Å². The summed E-state index contributed by atoms with van der Waals surface area (Å²) in [5.41, 5.74) is 6.22. The first-order valence-electron chi connectivity index (χ1n) is 6.21. The highest BCUT2D eigenvalue weighted by atomic mass is 16.6. The van der Waals surface area contributed by atoms with Crippen molar-refractivity contribution in [3.63, 3.8) is 0 Å². The predicted molar refractivity (Wildman–Crippen MR) is 70.6 cm³/mol. The molecule has 0 bridgehead atoms. The molecule has 0 saturated heterocycles. The molecule has 1 aromatic heterocycles. The van der Waals surface area contributed by atoms with E-state index in [1.165, 1.54) is 4.68 Å². The molecule has 1 atom stereocenters. The Morgan fingerprint density at radius 1 is 1.56 bits per heavy atom. The number of aromatic nitrogens is 2. The molecule has 0 aromatic carbocycles. The summed E-state index contributed by atoms with van der Waals surface area (Å²) in [6, 6.07) is 0.0359. The summed E-state index contributed by atoms with van der Waals surface area (Å²) in [4.78, 5) is 10.7. The number of aryl methyl sites for hydroxylation is 2. The van der Waals surface area contributed by atoms with Crippen LogP contribution in [0, 0.1) is 10.1 Å². The topological polar surface area (TPSA) is 99.0 Å². The van der Waals surface area contributed by atoms with E-state index >= 15 is 0 Å². The second-order valence-corrected chi connectivity index (χ2v) is 4.24. The van der Waals surface area contributed by atoms with Gasteiger partial charge in [0.25, 0.3) is 0 Å². The number of nitrogens with zero attached hydrogens (tertiary/aromatic N) is 3. The number of nitrogens with two attached hydrogens (primary N) is 1. The van der Waals surface area contributed by atoms with E-state index in [-0.39, 0.29) is 16.7 Å². The minimum atomic E-state index is -0.381. The zero-order valence-electron chi connectivity index (χ0n) is 11.1. The Labute approximate surface area is 107 Å². The smallest absolute Gasteiger partial charge is 0.333 e. The van der Waals surface area contributed by atoms with E-state index in [4.69, 9.17) is 5.73 Å². The van der Waals surface area contributed by atoms with Crippen LogP contribution in [0.3, 0.4) is 0 Å². The zero-order chi connectivity index (χ0) is 13.7. The van der Waals surface area contributed by atoms with Crippen molar-refractivity contribution in [1.82, 2.24) is 9.78 Å². The SMILES string of the molecule is CCCC(CN)Nc1c([N+](=O)[O-])c(CC)nn1C. The van der Waals surface area contributed by atoms with Gasteiger partial charge in [0.15, 0.2) is 0 Å². The average molecular weight is 255 g/mol. The summed E-state index contributed by atoms with van der Waals surface area (Å²) >= 11 is 0. The maximum absolute atomic E-state index is 11.1. The number of nitro groups is 1. The molecular weight excluding hydrogens is 234 g/mol. The van der Waals surface area contributed by atoms with E-state index in [0.29, 0.717) is 24.5 Å². The molecular formula is C11H21N5O2. The second-order valence-electron chi connectivity index (χ2n) is 4.24. The molecule has 0 fully saturated rings. The van der Waals surface area contributed by atoms with Crippen molar-refractivity contribution in [2.24, 2.45) is 12.8 Å². The van der Waals surface area contributed by atoms with E-state index in [9.17, 15) is 10.1 Å². The third-order valence-corrected chi connectivity index (χ3v) is 2.87. The van der Waals surface area contributed by atoms with Crippen LogP contribution in [0.15, 0.2) is 0 Å². The fourth-order valence-electron chi connectivity index (χ4n) is 1.95. The van der Waals surface area contributed by atoms with Crippen molar-refractivity contribution in [2.45, 2.75) is 39.2 Å². The van der Waals surface area contributed by atoms with E-state index in [2.05, 4.69) is 17.3 Å². The van der Waals surface area contributed by atoms with Crippen molar-refractivity contribution in [1.29, 1.82) is 0 Å². The molecule has 0 aliphatic carbocycles. The summed E-state index contributed by atoms with van der Waals surface area (Å²) in [5.74, 6) is 0.445. The van der Waals surface area contributed by atoms with E-state index in [1.807, 2.05) is 6.92 Å². The summed E-state index contributed by atoms with van der Waals surface area (Å²) in [7, 11) is 1.70. The van der Waals surface area contributed by atoms with Crippen LogP contribution in [0.1, 0.15) is 32.4 Å². The van der Waals surface area contributed by atoms with Gasteiger partial charge < -0.3 is 11.1 Å². The number of hydrogen-bond donors (Lipinski definition) is 2. The molecule has 3 N–H and O–H groups in total. The summed E-state index contributed by atoms with van der Waals surface area (Å²) in [6.07, 6.45) is 2.38. The highest BCUT2D eigenvalue weighted by Crippen LogP contribution is 2.29. The number of anilines is 1. The minimum absolute atomic E-state index is 0.0359. The van der Waals surface area contributed by atoms with Gasteiger partial charge in [-0.1, -0.05) is 20.3 Å². The Morgan fingerprint density at radius 2 is 2.22 bits per heavy atom. The Morgan fingerprint density at radius 3 is 2.67 bits per heavy atom. The third-order valence-electron chi connectivity index (χ3n) is 2.87. The Balaban J connectivity index is 3.06. The first-order valence-corrected chi connectivity index (χ1v) is 6.21. The molecule has 0 aliphatic heterocycles. The van der Waals surface area contributed by atoms with Gasteiger partial charge in [-0.05, 0) is 12.8 Å². The summed E-state index contributed by atoms with van der Waals surface area (Å²) in [6.45, 7) is 4.35. The molecule has 18 heavy (non-hydrogen) atoms. The molecule has 7 heteroatoms. The van der Waals surface area contributed by atoms with Crippen LogP contribution in [0.25, 0.3) is 0 Å². The van der Waals surface area contributed by atoms with Gasteiger partial charge in [0.1, 0.15) is 5.69 Å². The molecule has 1 rings (SSSR count). The van der Waals surface area contributed by atoms with Gasteiger partial charge in [0, 0.05) is 19.6 Å². The first-order chi connectivity index (χ1) is 8.54. The lowest BCUT2D eigenvalue weighted by Gasteiger charge is -2.16.